The molecule has 0 amide bonds. The molecule has 0 saturated heterocycles. The van der Waals surface area contributed by atoms with Crippen molar-refractivity contribution < 1.29 is 8.42 Å². The Morgan fingerprint density at radius 2 is 2.12 bits per heavy atom. The number of benzene rings is 1. The molecule has 88 valence electrons. The van der Waals surface area contributed by atoms with Crippen molar-refractivity contribution in [3.05, 3.63) is 23.8 Å². The van der Waals surface area contributed by atoms with Gasteiger partial charge in [-0.2, -0.15) is 0 Å². The van der Waals surface area contributed by atoms with Crippen molar-refractivity contribution in [3.63, 3.8) is 0 Å². The van der Waals surface area contributed by atoms with E-state index in [2.05, 4.69) is 4.72 Å². The Balaban J connectivity index is 2.20. The van der Waals surface area contributed by atoms with E-state index >= 15 is 0 Å². The highest BCUT2D eigenvalue weighted by Gasteiger charge is 2.25. The molecule has 0 spiro atoms. The Morgan fingerprint density at radius 3 is 2.69 bits per heavy atom. The van der Waals surface area contributed by atoms with E-state index < -0.39 is 10.0 Å². The Bertz CT molecular complexity index is 493. The van der Waals surface area contributed by atoms with Crippen molar-refractivity contribution in [2.24, 2.45) is 5.92 Å². The summed E-state index contributed by atoms with van der Waals surface area (Å²) in [5.41, 5.74) is 6.98. The summed E-state index contributed by atoms with van der Waals surface area (Å²) in [6.07, 6.45) is 2.23. The van der Waals surface area contributed by atoms with Gasteiger partial charge in [0.1, 0.15) is 4.90 Å². The van der Waals surface area contributed by atoms with Gasteiger partial charge in [0.15, 0.2) is 0 Å². The number of aryl methyl sites for hydroxylation is 1. The summed E-state index contributed by atoms with van der Waals surface area (Å²) in [5, 5.41) is 0. The maximum atomic E-state index is 11.9. The molecule has 1 aromatic rings. The zero-order chi connectivity index (χ0) is 11.8. The van der Waals surface area contributed by atoms with Crippen molar-refractivity contribution in [2.45, 2.75) is 24.7 Å². The van der Waals surface area contributed by atoms with Gasteiger partial charge in [-0.3, -0.25) is 0 Å². The van der Waals surface area contributed by atoms with E-state index in [0.717, 1.165) is 18.4 Å². The van der Waals surface area contributed by atoms with Gasteiger partial charge in [-0.15, -0.1) is 0 Å². The highest BCUT2D eigenvalue weighted by Crippen LogP contribution is 2.28. The number of anilines is 1. The Morgan fingerprint density at radius 1 is 1.44 bits per heavy atom. The predicted octanol–water partition coefficient (Wildman–Crippen LogP) is 1.27. The van der Waals surface area contributed by atoms with Crippen molar-refractivity contribution >= 4 is 15.7 Å². The van der Waals surface area contributed by atoms with Gasteiger partial charge < -0.3 is 5.73 Å². The van der Waals surface area contributed by atoms with Gasteiger partial charge in [0.05, 0.1) is 5.69 Å². The summed E-state index contributed by atoms with van der Waals surface area (Å²) in [7, 11) is -3.44. The first-order valence-electron chi connectivity index (χ1n) is 5.35. The molecule has 0 radical (unpaired) electrons. The summed E-state index contributed by atoms with van der Waals surface area (Å²) < 4.78 is 26.4. The number of sulfonamides is 1. The van der Waals surface area contributed by atoms with Crippen LogP contribution in [0.2, 0.25) is 0 Å². The molecule has 16 heavy (non-hydrogen) atoms. The molecule has 0 bridgehead atoms. The van der Waals surface area contributed by atoms with Gasteiger partial charge in [0.2, 0.25) is 10.0 Å². The van der Waals surface area contributed by atoms with E-state index in [4.69, 9.17) is 5.73 Å². The molecule has 0 unspecified atom stereocenters. The third kappa shape index (κ3) is 2.54. The van der Waals surface area contributed by atoms with Crippen LogP contribution in [0.1, 0.15) is 18.4 Å². The minimum atomic E-state index is -3.44. The summed E-state index contributed by atoms with van der Waals surface area (Å²) in [4.78, 5) is 0.179. The van der Waals surface area contributed by atoms with Crippen LogP contribution in [0, 0.1) is 12.8 Å². The molecule has 5 heteroatoms. The van der Waals surface area contributed by atoms with Crippen LogP contribution in [0.15, 0.2) is 23.1 Å². The fourth-order valence-corrected chi connectivity index (χ4v) is 2.77. The molecule has 0 atom stereocenters. The zero-order valence-electron chi connectivity index (χ0n) is 9.23. The van der Waals surface area contributed by atoms with Crippen LogP contribution < -0.4 is 10.5 Å². The monoisotopic (exact) mass is 240 g/mol. The summed E-state index contributed by atoms with van der Waals surface area (Å²) in [5.74, 6) is 0.515. The van der Waals surface area contributed by atoms with Gasteiger partial charge in [0.25, 0.3) is 0 Å². The number of hydrogen-bond acceptors (Lipinski definition) is 3. The van der Waals surface area contributed by atoms with Gasteiger partial charge >= 0.3 is 0 Å². The molecule has 4 nitrogen and oxygen atoms in total. The normalized spacial score (nSPS) is 16.3. The van der Waals surface area contributed by atoms with Crippen molar-refractivity contribution in [2.75, 3.05) is 12.3 Å². The first-order chi connectivity index (χ1) is 7.49. The molecule has 1 aliphatic rings. The van der Waals surface area contributed by atoms with Crippen molar-refractivity contribution in [3.8, 4) is 0 Å². The topological polar surface area (TPSA) is 72.2 Å². The van der Waals surface area contributed by atoms with E-state index in [-0.39, 0.29) is 4.90 Å². The third-order valence-corrected chi connectivity index (χ3v) is 4.21. The zero-order valence-corrected chi connectivity index (χ0v) is 10.0. The van der Waals surface area contributed by atoms with Crippen LogP contribution in [0.25, 0.3) is 0 Å². The predicted molar refractivity (Wildman–Crippen MR) is 63.5 cm³/mol. The van der Waals surface area contributed by atoms with E-state index in [0.29, 0.717) is 18.2 Å². The van der Waals surface area contributed by atoms with E-state index in [1.807, 2.05) is 6.92 Å². The Labute approximate surface area is 95.9 Å². The maximum absolute atomic E-state index is 11.9. The average molecular weight is 240 g/mol. The molecule has 0 heterocycles. The third-order valence-electron chi connectivity index (χ3n) is 2.71. The van der Waals surface area contributed by atoms with E-state index in [1.165, 1.54) is 0 Å². The molecule has 3 N–H and O–H groups in total. The lowest BCUT2D eigenvalue weighted by Gasteiger charge is -2.09. The van der Waals surface area contributed by atoms with Crippen LogP contribution in [0.3, 0.4) is 0 Å². The van der Waals surface area contributed by atoms with Crippen LogP contribution in [0.5, 0.6) is 0 Å². The van der Waals surface area contributed by atoms with Crippen LogP contribution >= 0.6 is 0 Å². The number of rotatable bonds is 4. The standard InChI is InChI=1S/C11H16N2O2S/c1-8-2-5-11(10(12)6-8)16(14,15)13-7-9-3-4-9/h2,5-6,9,13H,3-4,7,12H2,1H3. The number of nitrogen functional groups attached to an aromatic ring is 1. The molecule has 2 rings (SSSR count). The second kappa shape index (κ2) is 4.07. The maximum Gasteiger partial charge on any atom is 0.242 e. The minimum Gasteiger partial charge on any atom is -0.398 e. The molecule has 0 aliphatic heterocycles. The first kappa shape index (κ1) is 11.4. The van der Waals surface area contributed by atoms with Crippen LogP contribution in [-0.4, -0.2) is 15.0 Å². The van der Waals surface area contributed by atoms with Gasteiger partial charge in [-0.05, 0) is 43.4 Å². The molecule has 1 saturated carbocycles. The van der Waals surface area contributed by atoms with Crippen molar-refractivity contribution in [1.82, 2.24) is 4.72 Å². The summed E-state index contributed by atoms with van der Waals surface area (Å²) in [6, 6.07) is 4.98. The number of hydrogen-bond donors (Lipinski definition) is 2. The van der Waals surface area contributed by atoms with Gasteiger partial charge in [-0.1, -0.05) is 6.07 Å². The highest BCUT2D eigenvalue weighted by molar-refractivity contribution is 7.89. The van der Waals surface area contributed by atoms with E-state index in [1.54, 1.807) is 18.2 Å². The quantitative estimate of drug-likeness (QED) is 0.778. The number of nitrogens with one attached hydrogen (secondary N) is 1. The van der Waals surface area contributed by atoms with Crippen LogP contribution in [0.4, 0.5) is 5.69 Å². The molecule has 1 fully saturated rings. The minimum absolute atomic E-state index is 0.179. The fraction of sp³-hybridized carbons (Fsp3) is 0.455. The summed E-state index contributed by atoms with van der Waals surface area (Å²) >= 11 is 0. The Hall–Kier alpha value is -1.07. The van der Waals surface area contributed by atoms with Gasteiger partial charge in [0, 0.05) is 6.54 Å². The number of nitrogens with two attached hydrogens (primary N) is 1. The van der Waals surface area contributed by atoms with E-state index in [9.17, 15) is 8.42 Å². The largest absolute Gasteiger partial charge is 0.398 e. The first-order valence-corrected chi connectivity index (χ1v) is 6.83. The van der Waals surface area contributed by atoms with Gasteiger partial charge in [-0.25, -0.2) is 13.1 Å². The van der Waals surface area contributed by atoms with Crippen LogP contribution in [-0.2, 0) is 10.0 Å². The molecule has 1 aliphatic carbocycles. The second-order valence-electron chi connectivity index (χ2n) is 4.34. The second-order valence-corrected chi connectivity index (χ2v) is 6.07. The molecular formula is C11H16N2O2S. The summed E-state index contributed by atoms with van der Waals surface area (Å²) in [6.45, 7) is 2.40. The molecule has 1 aromatic carbocycles. The molecule has 0 aromatic heterocycles. The van der Waals surface area contributed by atoms with Crippen molar-refractivity contribution in [1.29, 1.82) is 0 Å². The smallest absolute Gasteiger partial charge is 0.242 e. The lowest BCUT2D eigenvalue weighted by molar-refractivity contribution is 0.578. The fourth-order valence-electron chi connectivity index (χ4n) is 1.54. The average Bonchev–Trinajstić information content (AvgIpc) is 2.97. The molecular weight excluding hydrogens is 224 g/mol. The SMILES string of the molecule is Cc1ccc(S(=O)(=O)NCC2CC2)c(N)c1. The lowest BCUT2D eigenvalue weighted by atomic mass is 10.2. The Kier molecular flexibility index (Phi) is 2.90. The highest BCUT2D eigenvalue weighted by atomic mass is 32.2. The lowest BCUT2D eigenvalue weighted by Crippen LogP contribution is -2.26.